The summed E-state index contributed by atoms with van der Waals surface area (Å²) in [6.07, 6.45) is 1.59. The van der Waals surface area contributed by atoms with Crippen molar-refractivity contribution in [3.63, 3.8) is 0 Å². The number of thiophene rings is 1. The van der Waals surface area contributed by atoms with E-state index in [1.807, 2.05) is 29.6 Å². The first kappa shape index (κ1) is 11.9. The first-order valence-electron chi connectivity index (χ1n) is 5.92. The van der Waals surface area contributed by atoms with Crippen LogP contribution in [0.15, 0.2) is 42.0 Å². The molecule has 19 heavy (non-hydrogen) atoms. The van der Waals surface area contributed by atoms with Crippen molar-refractivity contribution in [1.82, 2.24) is 9.97 Å². The maximum absolute atomic E-state index is 5.21. The van der Waals surface area contributed by atoms with Crippen LogP contribution in [0.25, 0.3) is 10.2 Å². The minimum atomic E-state index is 0.710. The van der Waals surface area contributed by atoms with Crippen molar-refractivity contribution in [1.29, 1.82) is 0 Å². The van der Waals surface area contributed by atoms with E-state index in [9.17, 15) is 0 Å². The summed E-state index contributed by atoms with van der Waals surface area (Å²) in [5.74, 6) is 1.74. The zero-order valence-electron chi connectivity index (χ0n) is 10.5. The molecule has 0 saturated carbocycles. The first-order chi connectivity index (χ1) is 9.36. The summed E-state index contributed by atoms with van der Waals surface area (Å²) in [5, 5.41) is 5.37. The molecule has 0 aliphatic heterocycles. The number of nitrogens with one attached hydrogen (secondary N) is 1. The van der Waals surface area contributed by atoms with Crippen LogP contribution >= 0.6 is 11.3 Å². The van der Waals surface area contributed by atoms with E-state index in [-0.39, 0.29) is 0 Å². The Morgan fingerprint density at radius 3 is 3.11 bits per heavy atom. The molecule has 0 saturated heterocycles. The van der Waals surface area contributed by atoms with Crippen LogP contribution in [0.1, 0.15) is 5.56 Å². The highest BCUT2D eigenvalue weighted by molar-refractivity contribution is 7.17. The molecule has 0 spiro atoms. The Morgan fingerprint density at radius 2 is 2.21 bits per heavy atom. The highest BCUT2D eigenvalue weighted by atomic mass is 32.1. The normalized spacial score (nSPS) is 10.6. The highest BCUT2D eigenvalue weighted by Crippen LogP contribution is 2.25. The van der Waals surface area contributed by atoms with Gasteiger partial charge in [0.15, 0.2) is 0 Å². The van der Waals surface area contributed by atoms with Crippen molar-refractivity contribution in [3.8, 4) is 5.75 Å². The summed E-state index contributed by atoms with van der Waals surface area (Å²) in [6, 6.07) is 9.99. The second-order valence-electron chi connectivity index (χ2n) is 4.06. The Morgan fingerprint density at radius 1 is 1.26 bits per heavy atom. The minimum absolute atomic E-state index is 0.710. The Hall–Kier alpha value is -2.14. The van der Waals surface area contributed by atoms with Gasteiger partial charge in [0.2, 0.25) is 0 Å². The first-order valence-corrected chi connectivity index (χ1v) is 6.80. The Balaban J connectivity index is 1.80. The number of fused-ring (bicyclic) bond motifs is 1. The molecule has 2 heterocycles. The van der Waals surface area contributed by atoms with Gasteiger partial charge in [-0.25, -0.2) is 9.97 Å². The number of hydrogen-bond acceptors (Lipinski definition) is 5. The minimum Gasteiger partial charge on any atom is -0.497 e. The van der Waals surface area contributed by atoms with Crippen LogP contribution in [0.2, 0.25) is 0 Å². The topological polar surface area (TPSA) is 47.0 Å². The lowest BCUT2D eigenvalue weighted by molar-refractivity contribution is 0.414. The van der Waals surface area contributed by atoms with E-state index in [4.69, 9.17) is 4.74 Å². The molecule has 3 rings (SSSR count). The van der Waals surface area contributed by atoms with Crippen LogP contribution in [0.3, 0.4) is 0 Å². The van der Waals surface area contributed by atoms with E-state index in [0.717, 1.165) is 27.3 Å². The zero-order chi connectivity index (χ0) is 13.1. The third-order valence-corrected chi connectivity index (χ3v) is 3.75. The van der Waals surface area contributed by atoms with Gasteiger partial charge in [0.05, 0.1) is 17.3 Å². The molecule has 0 atom stereocenters. The highest BCUT2D eigenvalue weighted by Gasteiger charge is 2.04. The number of anilines is 1. The summed E-state index contributed by atoms with van der Waals surface area (Å²) in [7, 11) is 1.67. The average Bonchev–Trinajstić information content (AvgIpc) is 2.94. The van der Waals surface area contributed by atoms with Gasteiger partial charge in [-0.2, -0.15) is 0 Å². The lowest BCUT2D eigenvalue weighted by atomic mass is 10.2. The number of aromatic nitrogens is 2. The van der Waals surface area contributed by atoms with E-state index in [2.05, 4.69) is 21.4 Å². The third-order valence-electron chi connectivity index (χ3n) is 2.84. The van der Waals surface area contributed by atoms with Crippen LogP contribution < -0.4 is 10.1 Å². The summed E-state index contributed by atoms with van der Waals surface area (Å²) in [4.78, 5) is 8.52. The predicted molar refractivity (Wildman–Crippen MR) is 77.7 cm³/mol. The van der Waals surface area contributed by atoms with Crippen LogP contribution in [0, 0.1) is 0 Å². The van der Waals surface area contributed by atoms with Crippen molar-refractivity contribution in [2.75, 3.05) is 12.4 Å². The van der Waals surface area contributed by atoms with E-state index in [1.54, 1.807) is 24.8 Å². The molecule has 5 heteroatoms. The lowest BCUT2D eigenvalue weighted by Gasteiger charge is -2.07. The largest absolute Gasteiger partial charge is 0.497 e. The van der Waals surface area contributed by atoms with Crippen molar-refractivity contribution >= 4 is 27.4 Å². The fourth-order valence-electron chi connectivity index (χ4n) is 1.88. The van der Waals surface area contributed by atoms with Gasteiger partial charge in [0.1, 0.15) is 17.9 Å². The second-order valence-corrected chi connectivity index (χ2v) is 4.98. The summed E-state index contributed by atoms with van der Waals surface area (Å²) < 4.78 is 6.30. The van der Waals surface area contributed by atoms with Gasteiger partial charge < -0.3 is 10.1 Å². The smallest absolute Gasteiger partial charge is 0.147 e. The molecule has 2 aromatic heterocycles. The molecule has 3 aromatic rings. The van der Waals surface area contributed by atoms with Gasteiger partial charge in [-0.3, -0.25) is 0 Å². The summed E-state index contributed by atoms with van der Waals surface area (Å²) >= 11 is 1.64. The van der Waals surface area contributed by atoms with Crippen molar-refractivity contribution in [3.05, 3.63) is 47.6 Å². The standard InChI is InChI=1S/C14H13N3OS/c1-18-11-4-2-3-10(7-11)8-15-14-13-12(5-6-19-13)16-9-17-14/h2-7,9H,8H2,1H3,(H,15,16,17). The van der Waals surface area contributed by atoms with E-state index < -0.39 is 0 Å². The fraction of sp³-hybridized carbons (Fsp3) is 0.143. The van der Waals surface area contributed by atoms with Gasteiger partial charge in [-0.05, 0) is 29.1 Å². The number of benzene rings is 1. The van der Waals surface area contributed by atoms with Gasteiger partial charge in [-0.15, -0.1) is 11.3 Å². The maximum Gasteiger partial charge on any atom is 0.147 e. The molecule has 0 aliphatic rings. The maximum atomic E-state index is 5.21. The summed E-state index contributed by atoms with van der Waals surface area (Å²) in [6.45, 7) is 0.710. The van der Waals surface area contributed by atoms with Gasteiger partial charge in [-0.1, -0.05) is 12.1 Å². The van der Waals surface area contributed by atoms with E-state index in [1.165, 1.54) is 0 Å². The van der Waals surface area contributed by atoms with Crippen molar-refractivity contribution in [2.45, 2.75) is 6.54 Å². The Bertz CT molecular complexity index is 696. The molecule has 96 valence electrons. The number of rotatable bonds is 4. The molecular formula is C14H13N3OS. The second kappa shape index (κ2) is 5.24. The lowest BCUT2D eigenvalue weighted by Crippen LogP contribution is -2.01. The van der Waals surface area contributed by atoms with Gasteiger partial charge in [0.25, 0.3) is 0 Å². The molecule has 1 aromatic carbocycles. The molecule has 0 radical (unpaired) electrons. The van der Waals surface area contributed by atoms with Crippen LogP contribution in [0.4, 0.5) is 5.82 Å². The SMILES string of the molecule is COc1cccc(CNc2ncnc3ccsc23)c1. The number of methoxy groups -OCH3 is 1. The van der Waals surface area contributed by atoms with Crippen molar-refractivity contribution in [2.24, 2.45) is 0 Å². The molecule has 0 fully saturated rings. The molecule has 4 nitrogen and oxygen atoms in total. The molecule has 0 unspecified atom stereocenters. The number of hydrogen-bond donors (Lipinski definition) is 1. The van der Waals surface area contributed by atoms with Gasteiger partial charge in [0, 0.05) is 6.54 Å². The number of ether oxygens (including phenoxy) is 1. The average molecular weight is 271 g/mol. The molecule has 0 bridgehead atoms. The number of nitrogens with zero attached hydrogens (tertiary/aromatic N) is 2. The molecule has 1 N–H and O–H groups in total. The van der Waals surface area contributed by atoms with Crippen molar-refractivity contribution < 1.29 is 4.74 Å². The predicted octanol–water partition coefficient (Wildman–Crippen LogP) is 3.31. The summed E-state index contributed by atoms with van der Waals surface area (Å²) in [5.41, 5.74) is 2.14. The van der Waals surface area contributed by atoms with Crippen LogP contribution in [0.5, 0.6) is 5.75 Å². The van der Waals surface area contributed by atoms with Gasteiger partial charge >= 0.3 is 0 Å². The quantitative estimate of drug-likeness (QED) is 0.790. The zero-order valence-corrected chi connectivity index (χ0v) is 11.3. The molecule has 0 amide bonds. The monoisotopic (exact) mass is 271 g/mol. The fourth-order valence-corrected chi connectivity index (χ4v) is 2.69. The molecular weight excluding hydrogens is 258 g/mol. The van der Waals surface area contributed by atoms with E-state index in [0.29, 0.717) is 6.54 Å². The van der Waals surface area contributed by atoms with Crippen LogP contribution in [-0.4, -0.2) is 17.1 Å². The third kappa shape index (κ3) is 2.51. The van der Waals surface area contributed by atoms with E-state index >= 15 is 0 Å². The van der Waals surface area contributed by atoms with Crippen LogP contribution in [-0.2, 0) is 6.54 Å². The molecule has 0 aliphatic carbocycles. The Kier molecular flexibility index (Phi) is 3.29. The Labute approximate surface area is 115 Å².